The van der Waals surface area contributed by atoms with Gasteiger partial charge in [-0.1, -0.05) is 13.0 Å². The molecule has 0 spiro atoms. The number of nitrogens with two attached hydrogens (primary N) is 1. The first-order valence-corrected chi connectivity index (χ1v) is 6.67. The van der Waals surface area contributed by atoms with E-state index >= 15 is 0 Å². The van der Waals surface area contributed by atoms with E-state index in [0.29, 0.717) is 17.8 Å². The summed E-state index contributed by atoms with van der Waals surface area (Å²) in [6, 6.07) is 8.06. The molecule has 6 nitrogen and oxygen atoms in total. The van der Waals surface area contributed by atoms with Crippen molar-refractivity contribution in [1.29, 1.82) is 0 Å². The van der Waals surface area contributed by atoms with Gasteiger partial charge in [-0.15, -0.1) is 0 Å². The third kappa shape index (κ3) is 3.68. The lowest BCUT2D eigenvalue weighted by molar-refractivity contribution is -0.141. The molecule has 0 aliphatic heterocycles. The summed E-state index contributed by atoms with van der Waals surface area (Å²) >= 11 is 0. The third-order valence-corrected chi connectivity index (χ3v) is 3.15. The number of carbonyl (C=O) groups is 2. The summed E-state index contributed by atoms with van der Waals surface area (Å²) in [6.45, 7) is 1.71. The zero-order valence-electron chi connectivity index (χ0n) is 11.7. The van der Waals surface area contributed by atoms with Crippen LogP contribution in [-0.2, 0) is 16.0 Å². The van der Waals surface area contributed by atoms with Crippen LogP contribution in [0.1, 0.15) is 19.0 Å². The Morgan fingerprint density at radius 1 is 1.33 bits per heavy atom. The van der Waals surface area contributed by atoms with Crippen molar-refractivity contribution in [3.63, 3.8) is 0 Å². The molecule has 6 heteroatoms. The van der Waals surface area contributed by atoms with Crippen LogP contribution < -0.4 is 11.1 Å². The molecule has 0 aliphatic rings. The number of hydrogen-bond donors (Lipinski definition) is 3. The molecule has 0 bridgehead atoms. The first-order chi connectivity index (χ1) is 9.99. The van der Waals surface area contributed by atoms with Gasteiger partial charge in [-0.05, 0) is 30.7 Å². The summed E-state index contributed by atoms with van der Waals surface area (Å²) in [6.07, 6.45) is 0.385. The SMILES string of the molecule is CCC(NC(=O)Cc1ccc2cc(N)ccc2n1)C(=O)O. The number of benzene rings is 1. The fourth-order valence-corrected chi connectivity index (χ4v) is 2.03. The van der Waals surface area contributed by atoms with Gasteiger partial charge in [0, 0.05) is 11.1 Å². The van der Waals surface area contributed by atoms with Crippen LogP contribution in [0.2, 0.25) is 0 Å². The number of carboxylic acid groups (broad SMARTS) is 1. The second kappa shape index (κ2) is 6.21. The summed E-state index contributed by atoms with van der Waals surface area (Å²) in [5.74, 6) is -1.39. The number of nitrogen functional groups attached to an aromatic ring is 1. The minimum Gasteiger partial charge on any atom is -0.480 e. The van der Waals surface area contributed by atoms with Crippen molar-refractivity contribution in [3.8, 4) is 0 Å². The predicted octanol–water partition coefficient (Wildman–Crippen LogP) is 1.34. The smallest absolute Gasteiger partial charge is 0.326 e. The zero-order chi connectivity index (χ0) is 15.4. The molecule has 1 atom stereocenters. The second-order valence-corrected chi connectivity index (χ2v) is 4.80. The van der Waals surface area contributed by atoms with Gasteiger partial charge in [0.05, 0.1) is 17.6 Å². The van der Waals surface area contributed by atoms with E-state index in [2.05, 4.69) is 10.3 Å². The van der Waals surface area contributed by atoms with E-state index in [9.17, 15) is 9.59 Å². The molecular formula is C15H17N3O3. The predicted molar refractivity (Wildman–Crippen MR) is 79.7 cm³/mol. The lowest BCUT2D eigenvalue weighted by atomic mass is 10.1. The van der Waals surface area contributed by atoms with E-state index < -0.39 is 12.0 Å². The van der Waals surface area contributed by atoms with Crippen molar-refractivity contribution in [2.45, 2.75) is 25.8 Å². The molecule has 0 fully saturated rings. The van der Waals surface area contributed by atoms with E-state index in [-0.39, 0.29) is 12.3 Å². The zero-order valence-corrected chi connectivity index (χ0v) is 11.7. The van der Waals surface area contributed by atoms with Crippen LogP contribution >= 0.6 is 0 Å². The van der Waals surface area contributed by atoms with E-state index in [1.165, 1.54) is 0 Å². The maximum Gasteiger partial charge on any atom is 0.326 e. The van der Waals surface area contributed by atoms with E-state index in [1.54, 1.807) is 25.1 Å². The average molecular weight is 287 g/mol. The van der Waals surface area contributed by atoms with E-state index in [0.717, 1.165) is 10.9 Å². The number of anilines is 1. The lowest BCUT2D eigenvalue weighted by Gasteiger charge is -2.12. The molecule has 2 aromatic rings. The number of nitrogens with zero attached hydrogens (tertiary/aromatic N) is 1. The molecule has 0 radical (unpaired) electrons. The van der Waals surface area contributed by atoms with Crippen molar-refractivity contribution in [3.05, 3.63) is 36.0 Å². The topological polar surface area (TPSA) is 105 Å². The van der Waals surface area contributed by atoms with Crippen molar-refractivity contribution in [2.75, 3.05) is 5.73 Å². The number of amides is 1. The number of fused-ring (bicyclic) bond motifs is 1. The Kier molecular flexibility index (Phi) is 4.37. The third-order valence-electron chi connectivity index (χ3n) is 3.15. The molecular weight excluding hydrogens is 270 g/mol. The van der Waals surface area contributed by atoms with Crippen LogP contribution in [0.4, 0.5) is 5.69 Å². The number of nitrogens with one attached hydrogen (secondary N) is 1. The molecule has 0 saturated carbocycles. The van der Waals surface area contributed by atoms with Gasteiger partial charge in [0.1, 0.15) is 6.04 Å². The normalized spacial score (nSPS) is 12.0. The number of rotatable bonds is 5. The Morgan fingerprint density at radius 2 is 2.10 bits per heavy atom. The van der Waals surface area contributed by atoms with E-state index in [4.69, 9.17) is 10.8 Å². The lowest BCUT2D eigenvalue weighted by Crippen LogP contribution is -2.41. The molecule has 1 amide bonds. The van der Waals surface area contributed by atoms with Crippen molar-refractivity contribution < 1.29 is 14.7 Å². The van der Waals surface area contributed by atoms with Crippen LogP contribution in [0.5, 0.6) is 0 Å². The van der Waals surface area contributed by atoms with Crippen LogP contribution in [0.3, 0.4) is 0 Å². The fraction of sp³-hybridized carbons (Fsp3) is 0.267. The van der Waals surface area contributed by atoms with Crippen LogP contribution in [0, 0.1) is 0 Å². The average Bonchev–Trinajstić information content (AvgIpc) is 2.44. The van der Waals surface area contributed by atoms with Gasteiger partial charge in [-0.25, -0.2) is 4.79 Å². The number of carbonyl (C=O) groups excluding carboxylic acids is 1. The summed E-state index contributed by atoms with van der Waals surface area (Å²) in [5.41, 5.74) is 7.69. The number of carboxylic acids is 1. The van der Waals surface area contributed by atoms with Crippen LogP contribution in [-0.4, -0.2) is 28.0 Å². The maximum atomic E-state index is 11.8. The molecule has 1 heterocycles. The minimum absolute atomic E-state index is 0.0457. The highest BCUT2D eigenvalue weighted by molar-refractivity contribution is 5.86. The molecule has 1 aromatic heterocycles. The first-order valence-electron chi connectivity index (χ1n) is 6.67. The standard InChI is InChI=1S/C15H17N3O3/c1-2-12(15(20)21)18-14(19)8-11-5-3-9-7-10(16)4-6-13(9)17-11/h3-7,12H,2,8,16H2,1H3,(H,18,19)(H,20,21). The maximum absolute atomic E-state index is 11.8. The molecule has 0 saturated heterocycles. The molecule has 1 aromatic carbocycles. The van der Waals surface area contributed by atoms with Crippen molar-refractivity contribution >= 4 is 28.5 Å². The van der Waals surface area contributed by atoms with Crippen molar-refractivity contribution in [1.82, 2.24) is 10.3 Å². The Bertz CT molecular complexity index is 685. The molecule has 2 rings (SSSR count). The summed E-state index contributed by atoms with van der Waals surface area (Å²) in [5, 5.41) is 12.3. The first kappa shape index (κ1) is 14.8. The molecule has 4 N–H and O–H groups in total. The Labute approximate surface area is 122 Å². The molecule has 0 aliphatic carbocycles. The minimum atomic E-state index is -1.03. The van der Waals surface area contributed by atoms with Gasteiger partial charge in [-0.3, -0.25) is 9.78 Å². The highest BCUT2D eigenvalue weighted by atomic mass is 16.4. The van der Waals surface area contributed by atoms with Crippen molar-refractivity contribution in [2.24, 2.45) is 0 Å². The van der Waals surface area contributed by atoms with E-state index in [1.807, 2.05) is 12.1 Å². The Balaban J connectivity index is 2.10. The molecule has 110 valence electrons. The highest BCUT2D eigenvalue weighted by Crippen LogP contribution is 2.16. The monoisotopic (exact) mass is 287 g/mol. The van der Waals surface area contributed by atoms with Crippen LogP contribution in [0.15, 0.2) is 30.3 Å². The number of aliphatic carboxylic acids is 1. The molecule has 21 heavy (non-hydrogen) atoms. The van der Waals surface area contributed by atoms with Gasteiger partial charge in [0.25, 0.3) is 0 Å². The van der Waals surface area contributed by atoms with Gasteiger partial charge in [0.2, 0.25) is 5.91 Å². The number of pyridine rings is 1. The number of hydrogen-bond acceptors (Lipinski definition) is 4. The quantitative estimate of drug-likeness (QED) is 0.720. The van der Waals surface area contributed by atoms with Gasteiger partial charge < -0.3 is 16.2 Å². The Morgan fingerprint density at radius 3 is 2.76 bits per heavy atom. The van der Waals surface area contributed by atoms with Crippen LogP contribution in [0.25, 0.3) is 10.9 Å². The number of aromatic nitrogens is 1. The largest absolute Gasteiger partial charge is 0.480 e. The molecule has 1 unspecified atom stereocenters. The van der Waals surface area contributed by atoms with Gasteiger partial charge >= 0.3 is 5.97 Å². The fourth-order valence-electron chi connectivity index (χ4n) is 2.03. The summed E-state index contributed by atoms with van der Waals surface area (Å²) < 4.78 is 0. The summed E-state index contributed by atoms with van der Waals surface area (Å²) in [4.78, 5) is 27.1. The second-order valence-electron chi connectivity index (χ2n) is 4.80. The Hall–Kier alpha value is -2.63. The van der Waals surface area contributed by atoms with Gasteiger partial charge in [0.15, 0.2) is 0 Å². The highest BCUT2D eigenvalue weighted by Gasteiger charge is 2.17. The van der Waals surface area contributed by atoms with Gasteiger partial charge in [-0.2, -0.15) is 0 Å². The summed E-state index contributed by atoms with van der Waals surface area (Å²) in [7, 11) is 0.